The minimum absolute atomic E-state index is 0.465. The summed E-state index contributed by atoms with van der Waals surface area (Å²) in [4.78, 5) is 22.9. The molecular formula is C18H30O2. The van der Waals surface area contributed by atoms with Crippen LogP contribution in [0.25, 0.3) is 0 Å². The third kappa shape index (κ3) is 3.71. The summed E-state index contributed by atoms with van der Waals surface area (Å²) >= 11 is 0. The molecule has 2 rings (SSSR count). The highest BCUT2D eigenvalue weighted by Crippen LogP contribution is 2.43. The predicted molar refractivity (Wildman–Crippen MR) is 81.5 cm³/mol. The molecule has 0 amide bonds. The second-order valence-corrected chi connectivity index (χ2v) is 6.90. The van der Waals surface area contributed by atoms with Crippen molar-refractivity contribution >= 4 is 11.6 Å². The fraction of sp³-hybridized carbons (Fsp3) is 0.889. The maximum absolute atomic E-state index is 11.5. The molecule has 0 radical (unpaired) electrons. The third-order valence-corrected chi connectivity index (χ3v) is 5.88. The topological polar surface area (TPSA) is 34.1 Å². The lowest BCUT2D eigenvalue weighted by molar-refractivity contribution is -0.123. The van der Waals surface area contributed by atoms with Crippen molar-refractivity contribution in [3.05, 3.63) is 0 Å². The minimum Gasteiger partial charge on any atom is -0.300 e. The molecule has 0 saturated heterocycles. The minimum atomic E-state index is 0.465. The summed E-state index contributed by atoms with van der Waals surface area (Å²) < 4.78 is 0. The highest BCUT2D eigenvalue weighted by Gasteiger charge is 2.35. The molecule has 0 aromatic carbocycles. The Morgan fingerprint density at radius 1 is 0.750 bits per heavy atom. The zero-order chi connectivity index (χ0) is 14.5. The first-order chi connectivity index (χ1) is 9.65. The van der Waals surface area contributed by atoms with Crippen molar-refractivity contribution in [1.29, 1.82) is 0 Å². The van der Waals surface area contributed by atoms with E-state index in [2.05, 4.69) is 13.8 Å². The van der Waals surface area contributed by atoms with E-state index in [9.17, 15) is 9.59 Å². The van der Waals surface area contributed by atoms with Crippen LogP contribution in [0.4, 0.5) is 0 Å². The molecule has 2 atom stereocenters. The second-order valence-electron chi connectivity index (χ2n) is 6.90. The smallest absolute Gasteiger partial charge is 0.132 e. The summed E-state index contributed by atoms with van der Waals surface area (Å²) in [7, 11) is 0. The lowest BCUT2D eigenvalue weighted by Gasteiger charge is -2.40. The van der Waals surface area contributed by atoms with Gasteiger partial charge in [-0.2, -0.15) is 0 Å². The zero-order valence-electron chi connectivity index (χ0n) is 13.2. The van der Waals surface area contributed by atoms with Gasteiger partial charge in [0.1, 0.15) is 11.6 Å². The van der Waals surface area contributed by atoms with Crippen molar-refractivity contribution in [2.24, 2.45) is 23.7 Å². The van der Waals surface area contributed by atoms with Crippen LogP contribution in [-0.4, -0.2) is 11.6 Å². The summed E-state index contributed by atoms with van der Waals surface area (Å²) in [5.74, 6) is 3.97. The summed E-state index contributed by atoms with van der Waals surface area (Å²) in [6.45, 7) is 4.63. The highest BCUT2D eigenvalue weighted by atomic mass is 16.1. The predicted octanol–water partition coefficient (Wildman–Crippen LogP) is 4.56. The van der Waals surface area contributed by atoms with Crippen LogP contribution in [0.3, 0.4) is 0 Å². The molecule has 2 heteroatoms. The van der Waals surface area contributed by atoms with Crippen molar-refractivity contribution in [1.82, 2.24) is 0 Å². The van der Waals surface area contributed by atoms with Gasteiger partial charge in [-0.3, -0.25) is 9.59 Å². The Labute approximate surface area is 123 Å². The molecule has 0 aliphatic heterocycles. The quantitative estimate of drug-likeness (QED) is 0.739. The van der Waals surface area contributed by atoms with Gasteiger partial charge in [-0.05, 0) is 49.4 Å². The Hall–Kier alpha value is -0.660. The number of rotatable bonds is 5. The van der Waals surface area contributed by atoms with Gasteiger partial charge in [0.05, 0.1) is 0 Å². The molecule has 2 aliphatic carbocycles. The second kappa shape index (κ2) is 7.38. The van der Waals surface area contributed by atoms with Gasteiger partial charge in [-0.25, -0.2) is 0 Å². The van der Waals surface area contributed by atoms with E-state index in [-0.39, 0.29) is 0 Å². The average Bonchev–Trinajstić information content (AvgIpc) is 2.47. The SMILES string of the molecule is CC[C@H](C1CCC(=O)CC1)[C@@H](CC)C1CCC(=O)CC1. The zero-order valence-corrected chi connectivity index (χ0v) is 13.2. The van der Waals surface area contributed by atoms with Crippen molar-refractivity contribution < 1.29 is 9.59 Å². The fourth-order valence-electron chi connectivity index (χ4n) is 4.75. The molecule has 0 bridgehead atoms. The average molecular weight is 278 g/mol. The molecule has 2 aliphatic rings. The number of carbonyl (C=O) groups is 2. The molecule has 2 nitrogen and oxygen atoms in total. The van der Waals surface area contributed by atoms with Crippen molar-refractivity contribution in [3.8, 4) is 0 Å². The van der Waals surface area contributed by atoms with Gasteiger partial charge in [0.15, 0.2) is 0 Å². The van der Waals surface area contributed by atoms with Gasteiger partial charge in [-0.15, -0.1) is 0 Å². The Morgan fingerprint density at radius 2 is 1.05 bits per heavy atom. The van der Waals surface area contributed by atoms with Gasteiger partial charge >= 0.3 is 0 Å². The number of Topliss-reactive ketones (excluding diaryl/α,β-unsaturated/α-hetero) is 2. The molecular weight excluding hydrogens is 248 g/mol. The summed E-state index contributed by atoms with van der Waals surface area (Å²) in [5.41, 5.74) is 0. The maximum Gasteiger partial charge on any atom is 0.132 e. The van der Waals surface area contributed by atoms with Crippen LogP contribution in [0.1, 0.15) is 78.1 Å². The van der Waals surface area contributed by atoms with Crippen molar-refractivity contribution in [2.45, 2.75) is 78.1 Å². The molecule has 0 N–H and O–H groups in total. The lowest BCUT2D eigenvalue weighted by atomic mass is 9.65. The van der Waals surface area contributed by atoms with E-state index in [4.69, 9.17) is 0 Å². The molecule has 20 heavy (non-hydrogen) atoms. The molecule has 0 heterocycles. The molecule has 0 aromatic rings. The van der Waals surface area contributed by atoms with Crippen LogP contribution in [0, 0.1) is 23.7 Å². The Kier molecular flexibility index (Phi) is 5.80. The van der Waals surface area contributed by atoms with Gasteiger partial charge in [0, 0.05) is 25.7 Å². The van der Waals surface area contributed by atoms with E-state index in [1.807, 2.05) is 0 Å². The highest BCUT2D eigenvalue weighted by molar-refractivity contribution is 5.79. The Balaban J connectivity index is 1.99. The first-order valence-electron chi connectivity index (χ1n) is 8.69. The van der Waals surface area contributed by atoms with Gasteiger partial charge in [0.25, 0.3) is 0 Å². The molecule has 0 aromatic heterocycles. The summed E-state index contributed by atoms with van der Waals surface area (Å²) in [6, 6.07) is 0. The van der Waals surface area contributed by atoms with E-state index < -0.39 is 0 Å². The van der Waals surface area contributed by atoms with E-state index >= 15 is 0 Å². The van der Waals surface area contributed by atoms with Crippen molar-refractivity contribution in [2.75, 3.05) is 0 Å². The first kappa shape index (κ1) is 15.7. The molecule has 114 valence electrons. The van der Waals surface area contributed by atoms with Gasteiger partial charge < -0.3 is 0 Å². The van der Waals surface area contributed by atoms with Crippen LogP contribution < -0.4 is 0 Å². The maximum atomic E-state index is 11.5. The largest absolute Gasteiger partial charge is 0.300 e. The van der Waals surface area contributed by atoms with Crippen LogP contribution >= 0.6 is 0 Å². The van der Waals surface area contributed by atoms with Crippen LogP contribution in [0.15, 0.2) is 0 Å². The lowest BCUT2D eigenvalue weighted by Crippen LogP contribution is -2.33. The number of carbonyl (C=O) groups excluding carboxylic acids is 2. The number of hydrogen-bond donors (Lipinski definition) is 0. The van der Waals surface area contributed by atoms with Gasteiger partial charge in [0.2, 0.25) is 0 Å². The number of ketones is 2. The fourth-order valence-corrected chi connectivity index (χ4v) is 4.75. The van der Waals surface area contributed by atoms with E-state index in [0.717, 1.165) is 75.0 Å². The van der Waals surface area contributed by atoms with Crippen LogP contribution in [0.2, 0.25) is 0 Å². The van der Waals surface area contributed by atoms with E-state index in [1.54, 1.807) is 0 Å². The monoisotopic (exact) mass is 278 g/mol. The Bertz CT molecular complexity index is 293. The summed E-state index contributed by atoms with van der Waals surface area (Å²) in [6.07, 6.45) is 10.1. The normalized spacial score (nSPS) is 25.7. The molecule has 0 unspecified atom stereocenters. The molecule has 2 saturated carbocycles. The first-order valence-corrected chi connectivity index (χ1v) is 8.69. The van der Waals surface area contributed by atoms with E-state index in [1.165, 1.54) is 12.8 Å². The van der Waals surface area contributed by atoms with Crippen molar-refractivity contribution in [3.63, 3.8) is 0 Å². The van der Waals surface area contributed by atoms with Crippen LogP contribution in [0.5, 0.6) is 0 Å². The standard InChI is InChI=1S/C18H30O2/c1-3-17(13-5-9-15(19)10-6-13)18(4-2)14-7-11-16(20)12-8-14/h13-14,17-18H,3-12H2,1-2H3/t17-,18+. The summed E-state index contributed by atoms with van der Waals surface area (Å²) in [5, 5.41) is 0. The van der Waals surface area contributed by atoms with Crippen LogP contribution in [-0.2, 0) is 9.59 Å². The van der Waals surface area contributed by atoms with E-state index in [0.29, 0.717) is 11.6 Å². The molecule has 2 fully saturated rings. The molecule has 0 spiro atoms. The third-order valence-electron chi connectivity index (χ3n) is 5.88. The Morgan fingerprint density at radius 3 is 1.30 bits per heavy atom. The van der Waals surface area contributed by atoms with Gasteiger partial charge in [-0.1, -0.05) is 26.7 Å². The number of hydrogen-bond acceptors (Lipinski definition) is 2.